The standard InChI is InChI=1S/C12H19N5/c1-4-12(2,3)8-15-10-11-14-5-6-17(11)7-9(13)16-10/h5-7H,4,8,13H2,1-3H3,(H,15,16). The van der Waals surface area contributed by atoms with Gasteiger partial charge in [0.2, 0.25) is 0 Å². The molecule has 0 spiro atoms. The Balaban J connectivity index is 2.26. The Morgan fingerprint density at radius 3 is 2.94 bits per heavy atom. The zero-order valence-electron chi connectivity index (χ0n) is 10.6. The normalized spacial score (nSPS) is 11.9. The molecule has 0 fully saturated rings. The lowest BCUT2D eigenvalue weighted by Gasteiger charge is -2.23. The summed E-state index contributed by atoms with van der Waals surface area (Å²) in [6.07, 6.45) is 6.47. The van der Waals surface area contributed by atoms with E-state index >= 15 is 0 Å². The van der Waals surface area contributed by atoms with Crippen LogP contribution in [0.3, 0.4) is 0 Å². The first-order chi connectivity index (χ1) is 8.02. The van der Waals surface area contributed by atoms with E-state index < -0.39 is 0 Å². The second kappa shape index (κ2) is 4.24. The minimum Gasteiger partial charge on any atom is -0.382 e. The number of nitrogen functional groups attached to an aromatic ring is 1. The van der Waals surface area contributed by atoms with E-state index in [1.165, 1.54) is 0 Å². The van der Waals surface area contributed by atoms with Gasteiger partial charge in [0, 0.05) is 18.9 Å². The van der Waals surface area contributed by atoms with Gasteiger partial charge in [0.15, 0.2) is 11.5 Å². The van der Waals surface area contributed by atoms with Gasteiger partial charge in [-0.05, 0) is 11.8 Å². The van der Waals surface area contributed by atoms with Gasteiger partial charge in [0.05, 0.1) is 6.20 Å². The number of hydrogen-bond donors (Lipinski definition) is 2. The number of nitrogens with zero attached hydrogens (tertiary/aromatic N) is 3. The number of hydrogen-bond acceptors (Lipinski definition) is 4. The maximum atomic E-state index is 5.76. The molecule has 0 aliphatic rings. The van der Waals surface area contributed by atoms with Crippen molar-refractivity contribution in [2.75, 3.05) is 17.6 Å². The Bertz CT molecular complexity index is 515. The van der Waals surface area contributed by atoms with Gasteiger partial charge in [0.25, 0.3) is 0 Å². The Kier molecular flexibility index (Phi) is 2.92. The number of fused-ring (bicyclic) bond motifs is 1. The third-order valence-electron chi connectivity index (χ3n) is 3.08. The van der Waals surface area contributed by atoms with Crippen LogP contribution in [0.1, 0.15) is 27.2 Å². The van der Waals surface area contributed by atoms with Crippen molar-refractivity contribution in [3.8, 4) is 0 Å². The molecule has 0 saturated carbocycles. The van der Waals surface area contributed by atoms with E-state index in [0.717, 1.165) is 24.4 Å². The van der Waals surface area contributed by atoms with Crippen LogP contribution in [0.25, 0.3) is 5.65 Å². The van der Waals surface area contributed by atoms with Gasteiger partial charge in [-0.25, -0.2) is 9.97 Å². The topological polar surface area (TPSA) is 68.2 Å². The largest absolute Gasteiger partial charge is 0.382 e. The molecule has 2 aromatic rings. The second-order valence-electron chi connectivity index (χ2n) is 5.04. The first kappa shape index (κ1) is 11.7. The van der Waals surface area contributed by atoms with Crippen LogP contribution in [0.2, 0.25) is 0 Å². The van der Waals surface area contributed by atoms with E-state index in [2.05, 4.69) is 36.1 Å². The molecule has 0 aromatic carbocycles. The Morgan fingerprint density at radius 2 is 2.24 bits per heavy atom. The molecular formula is C12H19N5. The van der Waals surface area contributed by atoms with Gasteiger partial charge < -0.3 is 15.5 Å². The van der Waals surface area contributed by atoms with E-state index in [-0.39, 0.29) is 5.41 Å². The van der Waals surface area contributed by atoms with E-state index in [1.807, 2.05) is 10.6 Å². The molecule has 0 atom stereocenters. The van der Waals surface area contributed by atoms with Gasteiger partial charge in [-0.15, -0.1) is 0 Å². The van der Waals surface area contributed by atoms with E-state index in [0.29, 0.717) is 5.82 Å². The SMILES string of the molecule is CCC(C)(C)CNc1nc(N)cn2ccnc12. The van der Waals surface area contributed by atoms with Crippen LogP contribution < -0.4 is 11.1 Å². The van der Waals surface area contributed by atoms with E-state index in [4.69, 9.17) is 5.73 Å². The smallest absolute Gasteiger partial charge is 0.180 e. The predicted octanol–water partition coefficient (Wildman–Crippen LogP) is 2.16. The predicted molar refractivity (Wildman–Crippen MR) is 70.0 cm³/mol. The molecule has 0 radical (unpaired) electrons. The first-order valence-electron chi connectivity index (χ1n) is 5.85. The number of nitrogens with one attached hydrogen (secondary N) is 1. The fraction of sp³-hybridized carbons (Fsp3) is 0.500. The fourth-order valence-electron chi connectivity index (χ4n) is 1.52. The highest BCUT2D eigenvalue weighted by Crippen LogP contribution is 2.21. The molecule has 2 heterocycles. The van der Waals surface area contributed by atoms with Crippen molar-refractivity contribution in [2.45, 2.75) is 27.2 Å². The molecule has 0 amide bonds. The number of aromatic nitrogens is 3. The zero-order chi connectivity index (χ0) is 12.5. The lowest BCUT2D eigenvalue weighted by molar-refractivity contribution is 0.376. The summed E-state index contributed by atoms with van der Waals surface area (Å²) < 4.78 is 1.88. The van der Waals surface area contributed by atoms with Crippen molar-refractivity contribution < 1.29 is 0 Å². The van der Waals surface area contributed by atoms with Gasteiger partial charge in [-0.2, -0.15) is 0 Å². The minimum atomic E-state index is 0.232. The van der Waals surface area contributed by atoms with Gasteiger partial charge >= 0.3 is 0 Å². The lowest BCUT2D eigenvalue weighted by atomic mass is 9.90. The lowest BCUT2D eigenvalue weighted by Crippen LogP contribution is -2.23. The highest BCUT2D eigenvalue weighted by Gasteiger charge is 2.16. The van der Waals surface area contributed by atoms with Crippen LogP contribution in [-0.4, -0.2) is 20.9 Å². The second-order valence-corrected chi connectivity index (χ2v) is 5.04. The van der Waals surface area contributed by atoms with Crippen LogP contribution in [0.15, 0.2) is 18.6 Å². The average Bonchev–Trinajstić information content (AvgIpc) is 2.73. The summed E-state index contributed by atoms with van der Waals surface area (Å²) in [7, 11) is 0. The molecule has 3 N–H and O–H groups in total. The highest BCUT2D eigenvalue weighted by atomic mass is 15.1. The minimum absolute atomic E-state index is 0.232. The van der Waals surface area contributed by atoms with E-state index in [9.17, 15) is 0 Å². The molecule has 2 aromatic heterocycles. The summed E-state index contributed by atoms with van der Waals surface area (Å²) in [5.41, 5.74) is 6.80. The maximum absolute atomic E-state index is 5.76. The van der Waals surface area contributed by atoms with Crippen molar-refractivity contribution >= 4 is 17.3 Å². The van der Waals surface area contributed by atoms with Crippen LogP contribution in [0.4, 0.5) is 11.6 Å². The Labute approximate surface area is 101 Å². The first-order valence-corrected chi connectivity index (χ1v) is 5.85. The number of rotatable bonds is 4. The van der Waals surface area contributed by atoms with Crippen molar-refractivity contribution in [1.29, 1.82) is 0 Å². The van der Waals surface area contributed by atoms with Gasteiger partial charge in [0.1, 0.15) is 5.82 Å². The summed E-state index contributed by atoms with van der Waals surface area (Å²) >= 11 is 0. The molecule has 0 saturated heterocycles. The monoisotopic (exact) mass is 233 g/mol. The molecule has 0 bridgehead atoms. The van der Waals surface area contributed by atoms with Gasteiger partial charge in [-0.1, -0.05) is 20.8 Å². The van der Waals surface area contributed by atoms with Crippen LogP contribution in [-0.2, 0) is 0 Å². The number of nitrogens with two attached hydrogens (primary N) is 1. The van der Waals surface area contributed by atoms with Crippen LogP contribution in [0, 0.1) is 5.41 Å². The fourth-order valence-corrected chi connectivity index (χ4v) is 1.52. The summed E-state index contributed by atoms with van der Waals surface area (Å²) in [6.45, 7) is 7.46. The summed E-state index contributed by atoms with van der Waals surface area (Å²) in [5, 5.41) is 3.33. The zero-order valence-corrected chi connectivity index (χ0v) is 10.6. The summed E-state index contributed by atoms with van der Waals surface area (Å²) in [6, 6.07) is 0. The van der Waals surface area contributed by atoms with Crippen molar-refractivity contribution in [3.05, 3.63) is 18.6 Å². The quantitative estimate of drug-likeness (QED) is 0.849. The van der Waals surface area contributed by atoms with Crippen LogP contribution in [0.5, 0.6) is 0 Å². The molecule has 17 heavy (non-hydrogen) atoms. The van der Waals surface area contributed by atoms with E-state index in [1.54, 1.807) is 12.4 Å². The van der Waals surface area contributed by atoms with Crippen LogP contribution >= 0.6 is 0 Å². The Hall–Kier alpha value is -1.78. The van der Waals surface area contributed by atoms with Crippen molar-refractivity contribution in [3.63, 3.8) is 0 Å². The highest BCUT2D eigenvalue weighted by molar-refractivity contribution is 5.64. The summed E-state index contributed by atoms with van der Waals surface area (Å²) in [4.78, 5) is 8.56. The van der Waals surface area contributed by atoms with Gasteiger partial charge in [-0.3, -0.25) is 0 Å². The maximum Gasteiger partial charge on any atom is 0.180 e. The number of anilines is 2. The number of imidazole rings is 1. The third kappa shape index (κ3) is 2.49. The van der Waals surface area contributed by atoms with Crippen molar-refractivity contribution in [2.24, 2.45) is 5.41 Å². The molecule has 92 valence electrons. The summed E-state index contributed by atoms with van der Waals surface area (Å²) in [5.74, 6) is 1.24. The molecule has 5 nitrogen and oxygen atoms in total. The molecule has 0 aliphatic heterocycles. The molecule has 0 aliphatic carbocycles. The molecule has 5 heteroatoms. The van der Waals surface area contributed by atoms with Crippen molar-refractivity contribution in [1.82, 2.24) is 14.4 Å². The third-order valence-corrected chi connectivity index (χ3v) is 3.08. The Morgan fingerprint density at radius 1 is 1.47 bits per heavy atom. The molecular weight excluding hydrogens is 214 g/mol. The average molecular weight is 233 g/mol. The molecule has 2 rings (SSSR count). The molecule has 0 unspecified atom stereocenters.